The van der Waals surface area contributed by atoms with Gasteiger partial charge in [-0.3, -0.25) is 9.59 Å². The van der Waals surface area contributed by atoms with Gasteiger partial charge in [0.25, 0.3) is 0 Å². The molecule has 1 saturated carbocycles. The van der Waals surface area contributed by atoms with Crippen LogP contribution in [-0.4, -0.2) is 26.3 Å². The molecule has 6 nitrogen and oxygen atoms in total. The standard InChI is InChI=1S/C12H11N3O3/c16-8-4-9(11-2-1-3-18-11)12(10(17)5-8)15-7-13-6-14-15/h1-3,6-7,9,12H,4-5H2/t9-,12-/m0/s1. The van der Waals surface area contributed by atoms with Crippen LogP contribution in [0.25, 0.3) is 0 Å². The number of rotatable bonds is 2. The first-order chi connectivity index (χ1) is 8.75. The average molecular weight is 245 g/mol. The Kier molecular flexibility index (Phi) is 2.55. The summed E-state index contributed by atoms with van der Waals surface area (Å²) in [5.74, 6) is 0.142. The van der Waals surface area contributed by atoms with Crippen molar-refractivity contribution in [3.05, 3.63) is 36.8 Å². The lowest BCUT2D eigenvalue weighted by molar-refractivity contribution is -0.133. The SMILES string of the molecule is O=C1CC(=O)[C@@H](n2cncn2)[C@H](c2ccco2)C1. The van der Waals surface area contributed by atoms with Gasteiger partial charge >= 0.3 is 0 Å². The van der Waals surface area contributed by atoms with E-state index in [0.29, 0.717) is 12.2 Å². The Labute approximate surface area is 103 Å². The summed E-state index contributed by atoms with van der Waals surface area (Å²) in [6.45, 7) is 0. The summed E-state index contributed by atoms with van der Waals surface area (Å²) in [7, 11) is 0. The van der Waals surface area contributed by atoms with Crippen LogP contribution < -0.4 is 0 Å². The summed E-state index contributed by atoms with van der Waals surface area (Å²) in [5.41, 5.74) is 0. The molecule has 6 heteroatoms. The van der Waals surface area contributed by atoms with Gasteiger partial charge in [0.1, 0.15) is 30.2 Å². The van der Waals surface area contributed by atoms with Gasteiger partial charge < -0.3 is 4.42 Å². The molecule has 0 spiro atoms. The number of ketones is 2. The van der Waals surface area contributed by atoms with E-state index in [4.69, 9.17) is 4.42 Å². The van der Waals surface area contributed by atoms with Gasteiger partial charge in [-0.1, -0.05) is 0 Å². The molecule has 3 rings (SSSR count). The van der Waals surface area contributed by atoms with Gasteiger partial charge in [0, 0.05) is 6.42 Å². The first-order valence-electron chi connectivity index (χ1n) is 5.67. The number of hydrogen-bond donors (Lipinski definition) is 0. The van der Waals surface area contributed by atoms with Crippen LogP contribution in [0, 0.1) is 0 Å². The lowest BCUT2D eigenvalue weighted by Crippen LogP contribution is -2.34. The summed E-state index contributed by atoms with van der Waals surface area (Å²) in [5, 5.41) is 4.01. The van der Waals surface area contributed by atoms with E-state index in [-0.39, 0.29) is 23.9 Å². The summed E-state index contributed by atoms with van der Waals surface area (Å²) < 4.78 is 6.83. The number of nitrogens with zero attached hydrogens (tertiary/aromatic N) is 3. The van der Waals surface area contributed by atoms with Crippen LogP contribution in [0.4, 0.5) is 0 Å². The zero-order valence-electron chi connectivity index (χ0n) is 9.52. The van der Waals surface area contributed by atoms with Crippen molar-refractivity contribution < 1.29 is 14.0 Å². The number of aromatic nitrogens is 3. The van der Waals surface area contributed by atoms with Crippen LogP contribution in [0.3, 0.4) is 0 Å². The second-order valence-electron chi connectivity index (χ2n) is 4.33. The second kappa shape index (κ2) is 4.21. The Hall–Kier alpha value is -2.24. The van der Waals surface area contributed by atoms with Crippen LogP contribution in [0.2, 0.25) is 0 Å². The molecule has 2 heterocycles. The molecule has 92 valence electrons. The van der Waals surface area contributed by atoms with Crippen molar-refractivity contribution >= 4 is 11.6 Å². The largest absolute Gasteiger partial charge is 0.469 e. The molecule has 1 fully saturated rings. The molecule has 0 unspecified atom stereocenters. The minimum atomic E-state index is -0.503. The molecule has 0 aromatic carbocycles. The van der Waals surface area contributed by atoms with Crippen molar-refractivity contribution in [2.24, 2.45) is 0 Å². The maximum atomic E-state index is 12.1. The fourth-order valence-electron chi connectivity index (χ4n) is 2.40. The third-order valence-corrected chi connectivity index (χ3v) is 3.16. The molecule has 2 atom stereocenters. The molecule has 18 heavy (non-hydrogen) atoms. The highest BCUT2D eigenvalue weighted by Gasteiger charge is 2.40. The number of carbonyl (C=O) groups is 2. The van der Waals surface area contributed by atoms with Crippen LogP contribution in [0.5, 0.6) is 0 Å². The molecule has 0 bridgehead atoms. The molecule has 0 amide bonds. The molecular formula is C12H11N3O3. The van der Waals surface area contributed by atoms with Crippen LogP contribution in [0.1, 0.15) is 30.6 Å². The second-order valence-corrected chi connectivity index (χ2v) is 4.33. The van der Waals surface area contributed by atoms with Crippen LogP contribution in [-0.2, 0) is 9.59 Å². The van der Waals surface area contributed by atoms with E-state index in [0.717, 1.165) is 0 Å². The van der Waals surface area contributed by atoms with Crippen LogP contribution >= 0.6 is 0 Å². The molecule has 1 aliphatic rings. The molecule has 0 saturated heterocycles. The molecule has 0 radical (unpaired) electrons. The highest BCUT2D eigenvalue weighted by Crippen LogP contribution is 2.37. The molecular weight excluding hydrogens is 234 g/mol. The predicted octanol–water partition coefficient (Wildman–Crippen LogP) is 1.13. The van der Waals surface area contributed by atoms with Gasteiger partial charge in [-0.2, -0.15) is 5.10 Å². The smallest absolute Gasteiger partial charge is 0.165 e. The number of furan rings is 1. The monoisotopic (exact) mass is 245 g/mol. The van der Waals surface area contributed by atoms with E-state index in [1.807, 2.05) is 0 Å². The molecule has 1 aliphatic carbocycles. The lowest BCUT2D eigenvalue weighted by Gasteiger charge is -2.27. The van der Waals surface area contributed by atoms with Gasteiger partial charge in [0.05, 0.1) is 18.6 Å². The van der Waals surface area contributed by atoms with E-state index in [1.165, 1.54) is 23.6 Å². The highest BCUT2D eigenvalue weighted by molar-refractivity contribution is 6.04. The molecule has 2 aromatic heterocycles. The van der Waals surface area contributed by atoms with E-state index in [1.54, 1.807) is 12.1 Å². The van der Waals surface area contributed by atoms with Crippen molar-refractivity contribution in [3.63, 3.8) is 0 Å². The summed E-state index contributed by atoms with van der Waals surface area (Å²) in [6, 6.07) is 3.02. The van der Waals surface area contributed by atoms with Crippen molar-refractivity contribution in [1.82, 2.24) is 14.8 Å². The fourth-order valence-corrected chi connectivity index (χ4v) is 2.40. The number of carbonyl (C=O) groups excluding carboxylic acids is 2. The zero-order valence-corrected chi connectivity index (χ0v) is 9.52. The molecule has 2 aromatic rings. The van der Waals surface area contributed by atoms with E-state index >= 15 is 0 Å². The fraction of sp³-hybridized carbons (Fsp3) is 0.333. The van der Waals surface area contributed by atoms with Crippen molar-refractivity contribution in [3.8, 4) is 0 Å². The Bertz CT molecular complexity index is 559. The first-order valence-corrected chi connectivity index (χ1v) is 5.67. The van der Waals surface area contributed by atoms with Crippen molar-refractivity contribution in [2.75, 3.05) is 0 Å². The van der Waals surface area contributed by atoms with Crippen LogP contribution in [0.15, 0.2) is 35.5 Å². The Morgan fingerprint density at radius 2 is 2.28 bits per heavy atom. The Morgan fingerprint density at radius 1 is 1.39 bits per heavy atom. The van der Waals surface area contributed by atoms with Crippen molar-refractivity contribution in [2.45, 2.75) is 24.8 Å². The normalized spacial score (nSPS) is 24.4. The van der Waals surface area contributed by atoms with Gasteiger partial charge in [0.15, 0.2) is 5.78 Å². The third kappa shape index (κ3) is 1.75. The Balaban J connectivity index is 2.01. The minimum absolute atomic E-state index is 0.0399. The highest BCUT2D eigenvalue weighted by atomic mass is 16.3. The predicted molar refractivity (Wildman–Crippen MR) is 59.8 cm³/mol. The topological polar surface area (TPSA) is 78.0 Å². The quantitative estimate of drug-likeness (QED) is 0.741. The van der Waals surface area contributed by atoms with Gasteiger partial charge in [-0.05, 0) is 12.1 Å². The third-order valence-electron chi connectivity index (χ3n) is 3.16. The first kappa shape index (κ1) is 10.9. The number of Topliss-reactive ketones (excluding diaryl/α,β-unsaturated/α-hetero) is 2. The van der Waals surface area contributed by atoms with E-state index < -0.39 is 6.04 Å². The van der Waals surface area contributed by atoms with Crippen molar-refractivity contribution in [1.29, 1.82) is 0 Å². The number of hydrogen-bond acceptors (Lipinski definition) is 5. The average Bonchev–Trinajstić information content (AvgIpc) is 3.01. The molecule has 0 aliphatic heterocycles. The Morgan fingerprint density at radius 3 is 2.94 bits per heavy atom. The maximum Gasteiger partial charge on any atom is 0.165 e. The van der Waals surface area contributed by atoms with Gasteiger partial charge in [0.2, 0.25) is 0 Å². The zero-order chi connectivity index (χ0) is 12.5. The minimum Gasteiger partial charge on any atom is -0.469 e. The van der Waals surface area contributed by atoms with E-state index in [9.17, 15) is 9.59 Å². The maximum absolute atomic E-state index is 12.1. The van der Waals surface area contributed by atoms with E-state index in [2.05, 4.69) is 10.1 Å². The summed E-state index contributed by atoms with van der Waals surface area (Å²) in [6.07, 6.45) is 4.67. The van der Waals surface area contributed by atoms with Gasteiger partial charge in [-0.15, -0.1) is 0 Å². The molecule has 0 N–H and O–H groups in total. The van der Waals surface area contributed by atoms with Gasteiger partial charge in [-0.25, -0.2) is 9.67 Å². The lowest BCUT2D eigenvalue weighted by atomic mass is 9.81. The summed E-state index contributed by atoms with van der Waals surface area (Å²) >= 11 is 0. The summed E-state index contributed by atoms with van der Waals surface area (Å²) in [4.78, 5) is 27.5.